The van der Waals surface area contributed by atoms with E-state index in [4.69, 9.17) is 5.73 Å². The number of carbonyl (C=O) groups is 1. The zero-order valence-corrected chi connectivity index (χ0v) is 9.22. The number of hydrogen-bond acceptors (Lipinski definition) is 4. The van der Waals surface area contributed by atoms with Gasteiger partial charge in [-0.2, -0.15) is 0 Å². The van der Waals surface area contributed by atoms with Gasteiger partial charge >= 0.3 is 0 Å². The third-order valence-electron chi connectivity index (χ3n) is 2.78. The summed E-state index contributed by atoms with van der Waals surface area (Å²) in [7, 11) is 0. The number of amides is 1. The Morgan fingerprint density at radius 1 is 1.12 bits per heavy atom. The molecule has 0 atom stereocenters. The van der Waals surface area contributed by atoms with E-state index in [1.54, 1.807) is 0 Å². The topological polar surface area (TPSA) is 72.1 Å². The van der Waals surface area contributed by atoms with Gasteiger partial charge < -0.3 is 10.6 Å². The van der Waals surface area contributed by atoms with Crippen LogP contribution in [0.3, 0.4) is 0 Å². The highest BCUT2D eigenvalue weighted by molar-refractivity contribution is 5.92. The number of nitrogens with zero attached hydrogens (tertiary/aromatic N) is 3. The minimum absolute atomic E-state index is 0.0330. The molecule has 1 aromatic rings. The Balaban J connectivity index is 2.08. The molecular formula is C11H16N4O. The van der Waals surface area contributed by atoms with Crippen LogP contribution in [0.15, 0.2) is 12.4 Å². The zero-order valence-electron chi connectivity index (χ0n) is 9.22. The van der Waals surface area contributed by atoms with E-state index in [1.165, 1.54) is 25.2 Å². The Bertz CT molecular complexity index is 355. The number of rotatable bonds is 1. The zero-order chi connectivity index (χ0) is 11.4. The van der Waals surface area contributed by atoms with Crippen molar-refractivity contribution in [2.75, 3.05) is 18.8 Å². The SMILES string of the molecule is Nc1cnc(C(=O)N2CCCCCC2)cn1. The first-order chi connectivity index (χ1) is 7.77. The number of anilines is 1. The highest BCUT2D eigenvalue weighted by Crippen LogP contribution is 2.12. The molecule has 0 spiro atoms. The number of carbonyl (C=O) groups excluding carboxylic acids is 1. The van der Waals surface area contributed by atoms with Gasteiger partial charge in [-0.15, -0.1) is 0 Å². The van der Waals surface area contributed by atoms with Gasteiger partial charge in [0.1, 0.15) is 11.5 Å². The molecule has 1 aromatic heterocycles. The van der Waals surface area contributed by atoms with Gasteiger partial charge in [-0.3, -0.25) is 4.79 Å². The lowest BCUT2D eigenvalue weighted by Gasteiger charge is -2.19. The van der Waals surface area contributed by atoms with Crippen LogP contribution < -0.4 is 5.73 Å². The minimum atomic E-state index is -0.0330. The van der Waals surface area contributed by atoms with Crippen molar-refractivity contribution < 1.29 is 4.79 Å². The van der Waals surface area contributed by atoms with Gasteiger partial charge in [0.05, 0.1) is 12.4 Å². The Hall–Kier alpha value is -1.65. The van der Waals surface area contributed by atoms with E-state index in [-0.39, 0.29) is 5.91 Å². The molecule has 1 saturated heterocycles. The maximum absolute atomic E-state index is 12.0. The van der Waals surface area contributed by atoms with E-state index in [0.717, 1.165) is 25.9 Å². The van der Waals surface area contributed by atoms with Crippen LogP contribution in [0.2, 0.25) is 0 Å². The molecular weight excluding hydrogens is 204 g/mol. The highest BCUT2D eigenvalue weighted by atomic mass is 16.2. The smallest absolute Gasteiger partial charge is 0.274 e. The molecule has 1 fully saturated rings. The average molecular weight is 220 g/mol. The number of aromatic nitrogens is 2. The van der Waals surface area contributed by atoms with Crippen LogP contribution in [-0.2, 0) is 0 Å². The number of likely N-dealkylation sites (tertiary alicyclic amines) is 1. The summed E-state index contributed by atoms with van der Waals surface area (Å²) >= 11 is 0. The molecule has 16 heavy (non-hydrogen) atoms. The summed E-state index contributed by atoms with van der Waals surface area (Å²) in [6.45, 7) is 1.65. The summed E-state index contributed by atoms with van der Waals surface area (Å²) < 4.78 is 0. The maximum atomic E-state index is 12.0. The molecule has 0 aromatic carbocycles. The molecule has 0 bridgehead atoms. The summed E-state index contributed by atoms with van der Waals surface area (Å²) in [5.74, 6) is 0.307. The number of nitrogen functional groups attached to an aromatic ring is 1. The minimum Gasteiger partial charge on any atom is -0.382 e. The molecule has 2 heterocycles. The molecule has 0 unspecified atom stereocenters. The second-order valence-corrected chi connectivity index (χ2v) is 4.03. The molecule has 1 aliphatic heterocycles. The van der Waals surface area contributed by atoms with Crippen LogP contribution in [-0.4, -0.2) is 33.9 Å². The molecule has 0 aliphatic carbocycles. The predicted octanol–water partition coefficient (Wildman–Crippen LogP) is 1.07. The largest absolute Gasteiger partial charge is 0.382 e. The lowest BCUT2D eigenvalue weighted by atomic mass is 10.2. The second kappa shape index (κ2) is 4.92. The number of nitrogens with two attached hydrogens (primary N) is 1. The van der Waals surface area contributed by atoms with E-state index in [2.05, 4.69) is 9.97 Å². The molecule has 2 N–H and O–H groups in total. The van der Waals surface area contributed by atoms with Crippen molar-refractivity contribution in [1.82, 2.24) is 14.9 Å². The average Bonchev–Trinajstić information content (AvgIpc) is 2.57. The fourth-order valence-electron chi connectivity index (χ4n) is 1.88. The van der Waals surface area contributed by atoms with Gasteiger partial charge in [-0.05, 0) is 12.8 Å². The third kappa shape index (κ3) is 2.48. The summed E-state index contributed by atoms with van der Waals surface area (Å²) in [6.07, 6.45) is 7.43. The predicted molar refractivity (Wildman–Crippen MR) is 60.8 cm³/mol. The van der Waals surface area contributed by atoms with Crippen LogP contribution in [0.1, 0.15) is 36.2 Å². The molecule has 0 radical (unpaired) electrons. The van der Waals surface area contributed by atoms with E-state index in [9.17, 15) is 4.79 Å². The lowest BCUT2D eigenvalue weighted by molar-refractivity contribution is 0.0755. The summed E-state index contributed by atoms with van der Waals surface area (Å²) in [5, 5.41) is 0. The van der Waals surface area contributed by atoms with E-state index >= 15 is 0 Å². The Morgan fingerprint density at radius 3 is 2.38 bits per heavy atom. The normalized spacial score (nSPS) is 16.9. The van der Waals surface area contributed by atoms with Gasteiger partial charge in [0.2, 0.25) is 0 Å². The molecule has 5 nitrogen and oxygen atoms in total. The van der Waals surface area contributed by atoms with Gasteiger partial charge in [-0.25, -0.2) is 9.97 Å². The van der Waals surface area contributed by atoms with Gasteiger partial charge in [0, 0.05) is 13.1 Å². The summed E-state index contributed by atoms with van der Waals surface area (Å²) in [4.78, 5) is 21.8. The van der Waals surface area contributed by atoms with Crippen molar-refractivity contribution in [2.45, 2.75) is 25.7 Å². The summed E-state index contributed by atoms with van der Waals surface area (Å²) in [6, 6.07) is 0. The second-order valence-electron chi connectivity index (χ2n) is 4.03. The summed E-state index contributed by atoms with van der Waals surface area (Å²) in [5.41, 5.74) is 5.82. The molecule has 0 saturated carbocycles. The van der Waals surface area contributed by atoms with Crippen molar-refractivity contribution in [3.63, 3.8) is 0 Å². The fourth-order valence-corrected chi connectivity index (χ4v) is 1.88. The van der Waals surface area contributed by atoms with Gasteiger partial charge in [-0.1, -0.05) is 12.8 Å². The van der Waals surface area contributed by atoms with Crippen molar-refractivity contribution in [1.29, 1.82) is 0 Å². The first-order valence-corrected chi connectivity index (χ1v) is 5.64. The first kappa shape index (κ1) is 10.9. The van der Waals surface area contributed by atoms with Crippen LogP contribution in [0.25, 0.3) is 0 Å². The Morgan fingerprint density at radius 2 is 1.81 bits per heavy atom. The van der Waals surface area contributed by atoms with E-state index < -0.39 is 0 Å². The molecule has 1 amide bonds. The van der Waals surface area contributed by atoms with Gasteiger partial charge in [0.15, 0.2) is 0 Å². The molecule has 86 valence electrons. The van der Waals surface area contributed by atoms with E-state index in [1.807, 2.05) is 4.90 Å². The molecule has 5 heteroatoms. The quantitative estimate of drug-likeness (QED) is 0.768. The van der Waals surface area contributed by atoms with E-state index in [0.29, 0.717) is 11.5 Å². The number of hydrogen-bond donors (Lipinski definition) is 1. The highest BCUT2D eigenvalue weighted by Gasteiger charge is 2.18. The van der Waals surface area contributed by atoms with Crippen molar-refractivity contribution in [3.05, 3.63) is 18.1 Å². The van der Waals surface area contributed by atoms with Crippen LogP contribution in [0, 0.1) is 0 Å². The molecule has 1 aliphatic rings. The maximum Gasteiger partial charge on any atom is 0.274 e. The molecule has 2 rings (SSSR count). The third-order valence-corrected chi connectivity index (χ3v) is 2.78. The lowest BCUT2D eigenvalue weighted by Crippen LogP contribution is -2.32. The Kier molecular flexibility index (Phi) is 3.34. The first-order valence-electron chi connectivity index (χ1n) is 5.64. The monoisotopic (exact) mass is 220 g/mol. The fraction of sp³-hybridized carbons (Fsp3) is 0.545. The van der Waals surface area contributed by atoms with Crippen LogP contribution in [0.5, 0.6) is 0 Å². The van der Waals surface area contributed by atoms with Crippen LogP contribution in [0.4, 0.5) is 5.82 Å². The standard InChI is InChI=1S/C11H16N4O/c12-10-8-13-9(7-14-10)11(16)15-5-3-1-2-4-6-15/h7-8H,1-6H2,(H2,12,14). The van der Waals surface area contributed by atoms with Crippen molar-refractivity contribution in [3.8, 4) is 0 Å². The van der Waals surface area contributed by atoms with Crippen molar-refractivity contribution >= 4 is 11.7 Å². The van der Waals surface area contributed by atoms with Crippen molar-refractivity contribution in [2.24, 2.45) is 0 Å². The Labute approximate surface area is 94.7 Å². The van der Waals surface area contributed by atoms with Crippen LogP contribution >= 0.6 is 0 Å². The van der Waals surface area contributed by atoms with Gasteiger partial charge in [0.25, 0.3) is 5.91 Å².